The summed E-state index contributed by atoms with van der Waals surface area (Å²) in [6, 6.07) is 35.4. The van der Waals surface area contributed by atoms with Crippen molar-refractivity contribution < 1.29 is 42.9 Å². The first-order valence-electron chi connectivity index (χ1n) is 18.5. The standard InChI is InChI=1S/C26H23ClN4O5.C19H21NO4.2H2S/c1-35-25(33)19-10-8-18(9-11-19)16-31(23(26(34)36-2)14-17-6-4-3-5-7-17)24(32)21-13-12-20(27)15-22(21)29-30-28;1-23-18(21)16-10-8-15(9-11-16)13-20-17(19(22)24-2)12-14-6-4-3-5-7-14;;/h3-13,15,23H,14,16H2,1-2H3;3-11,17,20H,12-13H2,1-2H3;2*1H2/t23-;17-;;/m11../s1. The number of carbonyl (C=O) groups excluding carboxylic acids is 5. The van der Waals surface area contributed by atoms with Crippen LogP contribution in [0.2, 0.25) is 5.02 Å². The molecule has 0 heterocycles. The minimum Gasteiger partial charge on any atom is -0.468 e. The summed E-state index contributed by atoms with van der Waals surface area (Å²) in [5.74, 6) is -2.34. The van der Waals surface area contributed by atoms with E-state index in [1.54, 1.807) is 36.4 Å². The van der Waals surface area contributed by atoms with Crippen LogP contribution in [-0.4, -0.2) is 75.2 Å². The highest BCUT2D eigenvalue weighted by atomic mass is 35.5. The van der Waals surface area contributed by atoms with Gasteiger partial charge >= 0.3 is 23.9 Å². The highest BCUT2D eigenvalue weighted by Crippen LogP contribution is 2.28. The first-order valence-corrected chi connectivity index (χ1v) is 18.9. The lowest BCUT2D eigenvalue weighted by Gasteiger charge is -2.31. The SMILES string of the molecule is COC(=O)c1ccc(CN(C(=O)c2ccc(Cl)cc2N=[N+]=[N-])[C@H](Cc2ccccc2)C(=O)OC)cc1.COC(=O)c1ccc(CN[C@H](Cc2ccccc2)C(=O)OC)cc1.S.S. The Bertz CT molecular complexity index is 2280. The van der Waals surface area contributed by atoms with Gasteiger partial charge in [0.25, 0.3) is 5.91 Å². The molecule has 0 saturated heterocycles. The van der Waals surface area contributed by atoms with Crippen LogP contribution in [0.15, 0.2) is 133 Å². The first-order chi connectivity index (χ1) is 29.0. The first kappa shape index (κ1) is 51.8. The summed E-state index contributed by atoms with van der Waals surface area (Å²) in [6.07, 6.45) is 0.734. The molecule has 0 fully saturated rings. The Morgan fingerprint density at radius 2 is 1.15 bits per heavy atom. The van der Waals surface area contributed by atoms with Crippen molar-refractivity contribution in [2.24, 2.45) is 5.11 Å². The van der Waals surface area contributed by atoms with Gasteiger partial charge in [-0.1, -0.05) is 102 Å². The highest BCUT2D eigenvalue weighted by Gasteiger charge is 2.33. The molecule has 14 nitrogen and oxygen atoms in total. The molecule has 62 heavy (non-hydrogen) atoms. The van der Waals surface area contributed by atoms with Crippen molar-refractivity contribution in [3.63, 3.8) is 0 Å². The van der Waals surface area contributed by atoms with Crippen molar-refractivity contribution in [3.8, 4) is 0 Å². The third-order valence-corrected chi connectivity index (χ3v) is 9.38. The third kappa shape index (κ3) is 15.3. The predicted octanol–water partition coefficient (Wildman–Crippen LogP) is 8.07. The van der Waals surface area contributed by atoms with Crippen LogP contribution < -0.4 is 5.32 Å². The molecule has 0 aliphatic rings. The number of carbonyl (C=O) groups is 5. The Labute approximate surface area is 379 Å². The van der Waals surface area contributed by atoms with Crippen LogP contribution in [-0.2, 0) is 54.5 Å². The molecule has 1 N–H and O–H groups in total. The zero-order valence-electron chi connectivity index (χ0n) is 34.4. The molecule has 0 aromatic heterocycles. The summed E-state index contributed by atoms with van der Waals surface area (Å²) in [6.45, 7) is 0.499. The minimum atomic E-state index is -1.00. The second kappa shape index (κ2) is 26.8. The predicted molar refractivity (Wildman–Crippen MR) is 245 cm³/mol. The number of methoxy groups -OCH3 is 4. The number of amides is 1. The van der Waals surface area contributed by atoms with Gasteiger partial charge in [-0.05, 0) is 76.7 Å². The highest BCUT2D eigenvalue weighted by molar-refractivity contribution is 7.59. The maximum Gasteiger partial charge on any atom is 0.337 e. The number of nitrogens with one attached hydrogen (secondary N) is 1. The summed E-state index contributed by atoms with van der Waals surface area (Å²) < 4.78 is 19.3. The van der Waals surface area contributed by atoms with Gasteiger partial charge in [0.05, 0.1) is 45.3 Å². The molecule has 5 aromatic carbocycles. The second-order valence-corrected chi connectivity index (χ2v) is 13.5. The summed E-state index contributed by atoms with van der Waals surface area (Å²) in [7, 11) is 5.27. The molecule has 326 valence electrons. The van der Waals surface area contributed by atoms with Crippen molar-refractivity contribution in [1.82, 2.24) is 10.2 Å². The van der Waals surface area contributed by atoms with E-state index in [0.717, 1.165) is 16.7 Å². The fourth-order valence-electron chi connectivity index (χ4n) is 6.00. The number of azide groups is 1. The normalized spacial score (nSPS) is 10.9. The smallest absolute Gasteiger partial charge is 0.337 e. The molecule has 0 bridgehead atoms. The van der Waals surface area contributed by atoms with E-state index in [4.69, 9.17) is 31.3 Å². The van der Waals surface area contributed by atoms with E-state index in [2.05, 4.69) is 20.1 Å². The van der Waals surface area contributed by atoms with Crippen LogP contribution >= 0.6 is 38.6 Å². The van der Waals surface area contributed by atoms with Gasteiger partial charge < -0.3 is 29.2 Å². The molecule has 5 aromatic rings. The number of benzene rings is 5. The topological polar surface area (TPSA) is 186 Å². The number of halogens is 1. The Morgan fingerprint density at radius 3 is 1.63 bits per heavy atom. The monoisotopic (exact) mass is 901 g/mol. The van der Waals surface area contributed by atoms with Crippen molar-refractivity contribution in [2.45, 2.75) is 38.0 Å². The molecule has 0 spiro atoms. The number of nitrogens with zero attached hydrogens (tertiary/aromatic N) is 4. The summed E-state index contributed by atoms with van der Waals surface area (Å²) in [5, 5.41) is 7.10. The molecule has 0 aliphatic carbocycles. The maximum absolute atomic E-state index is 13.8. The molecular weight excluding hydrogens is 854 g/mol. The van der Waals surface area contributed by atoms with E-state index in [1.807, 2.05) is 72.8 Å². The Hall–Kier alpha value is -6.29. The van der Waals surface area contributed by atoms with Crippen LogP contribution in [0.3, 0.4) is 0 Å². The second-order valence-electron chi connectivity index (χ2n) is 13.0. The Balaban J connectivity index is 0.000000445. The molecule has 0 radical (unpaired) electrons. The molecule has 0 saturated carbocycles. The summed E-state index contributed by atoms with van der Waals surface area (Å²) in [4.78, 5) is 66.1. The minimum absolute atomic E-state index is 0. The van der Waals surface area contributed by atoms with E-state index in [0.29, 0.717) is 29.7 Å². The van der Waals surface area contributed by atoms with Gasteiger partial charge in [-0.25, -0.2) is 14.4 Å². The average molecular weight is 902 g/mol. The lowest BCUT2D eigenvalue weighted by Crippen LogP contribution is -2.46. The van der Waals surface area contributed by atoms with Gasteiger partial charge in [0.2, 0.25) is 0 Å². The van der Waals surface area contributed by atoms with E-state index >= 15 is 0 Å². The van der Waals surface area contributed by atoms with Gasteiger partial charge in [-0.3, -0.25) is 9.59 Å². The van der Waals surface area contributed by atoms with Gasteiger partial charge in [-0.2, -0.15) is 27.0 Å². The van der Waals surface area contributed by atoms with Crippen LogP contribution in [0.1, 0.15) is 53.3 Å². The van der Waals surface area contributed by atoms with Crippen molar-refractivity contribution in [3.05, 3.63) is 182 Å². The number of ether oxygens (including phenoxy) is 4. The van der Waals surface area contributed by atoms with E-state index in [1.165, 1.54) is 51.5 Å². The zero-order chi connectivity index (χ0) is 43.4. The quantitative estimate of drug-likeness (QED) is 0.0334. The van der Waals surface area contributed by atoms with Crippen LogP contribution in [0.25, 0.3) is 10.4 Å². The summed E-state index contributed by atoms with van der Waals surface area (Å²) >= 11 is 6.04. The van der Waals surface area contributed by atoms with Crippen LogP contribution in [0.4, 0.5) is 5.69 Å². The lowest BCUT2D eigenvalue weighted by molar-refractivity contribution is -0.146. The van der Waals surface area contributed by atoms with Gasteiger partial charge in [0.15, 0.2) is 0 Å². The fraction of sp³-hybridized carbons (Fsp3) is 0.222. The van der Waals surface area contributed by atoms with Gasteiger partial charge in [0.1, 0.15) is 12.1 Å². The third-order valence-electron chi connectivity index (χ3n) is 9.15. The maximum atomic E-state index is 13.8. The largest absolute Gasteiger partial charge is 0.468 e. The molecule has 5 rings (SSSR count). The zero-order valence-corrected chi connectivity index (χ0v) is 37.2. The number of hydrogen-bond donors (Lipinski definition) is 1. The number of hydrogen-bond acceptors (Lipinski definition) is 11. The Kier molecular flexibility index (Phi) is 22.4. The van der Waals surface area contributed by atoms with Gasteiger partial charge in [0, 0.05) is 35.0 Å². The van der Waals surface area contributed by atoms with Crippen LogP contribution in [0.5, 0.6) is 0 Å². The van der Waals surface area contributed by atoms with E-state index < -0.39 is 29.9 Å². The molecule has 1 amide bonds. The molecule has 2 atom stereocenters. The Morgan fingerprint density at radius 1 is 0.645 bits per heavy atom. The lowest BCUT2D eigenvalue weighted by atomic mass is 10.0. The van der Waals surface area contributed by atoms with Crippen molar-refractivity contribution >= 4 is 74.1 Å². The fourth-order valence-corrected chi connectivity index (χ4v) is 6.16. The van der Waals surface area contributed by atoms with E-state index in [9.17, 15) is 24.0 Å². The average Bonchev–Trinajstić information content (AvgIpc) is 3.29. The van der Waals surface area contributed by atoms with E-state index in [-0.39, 0.29) is 68.2 Å². The van der Waals surface area contributed by atoms with Crippen molar-refractivity contribution in [2.75, 3.05) is 28.4 Å². The number of rotatable bonds is 16. The molecule has 0 unspecified atom stereocenters. The molecule has 0 aliphatic heterocycles. The number of esters is 4. The molecule has 17 heteroatoms. The molecular formula is C45H48ClN5O9S2. The van der Waals surface area contributed by atoms with Crippen molar-refractivity contribution in [1.29, 1.82) is 0 Å². The van der Waals surface area contributed by atoms with Crippen LogP contribution in [0, 0.1) is 0 Å². The summed E-state index contributed by atoms with van der Waals surface area (Å²) in [5.41, 5.74) is 13.4. The van der Waals surface area contributed by atoms with Gasteiger partial charge in [-0.15, -0.1) is 0 Å².